The fourth-order valence-corrected chi connectivity index (χ4v) is 2.66. The second kappa shape index (κ2) is 7.38. The average molecular weight is 357 g/mol. The zero-order chi connectivity index (χ0) is 18.7. The van der Waals surface area contributed by atoms with Gasteiger partial charge in [0.05, 0.1) is 0 Å². The highest BCUT2D eigenvalue weighted by Gasteiger charge is 2.26. The molecule has 1 saturated carbocycles. The van der Waals surface area contributed by atoms with Crippen LogP contribution in [-0.4, -0.2) is 38.4 Å². The third kappa shape index (κ3) is 3.90. The molecule has 1 aliphatic carbocycles. The maximum Gasteiger partial charge on any atom is 0.322 e. The number of hydrogen-bond donors (Lipinski definition) is 3. The summed E-state index contributed by atoms with van der Waals surface area (Å²) < 4.78 is 1.18. The van der Waals surface area contributed by atoms with Crippen molar-refractivity contribution in [1.29, 1.82) is 0 Å². The van der Waals surface area contributed by atoms with Gasteiger partial charge in [0.15, 0.2) is 11.3 Å². The minimum Gasteiger partial charge on any atom is -0.505 e. The van der Waals surface area contributed by atoms with Crippen LogP contribution in [0.4, 0.5) is 0 Å². The molecule has 1 fully saturated rings. The molecule has 3 rings (SSSR count). The molecule has 1 amide bonds. The largest absolute Gasteiger partial charge is 0.505 e. The van der Waals surface area contributed by atoms with Crippen molar-refractivity contribution in [2.45, 2.75) is 25.8 Å². The van der Waals surface area contributed by atoms with E-state index in [1.807, 2.05) is 0 Å². The van der Waals surface area contributed by atoms with Gasteiger partial charge in [0.1, 0.15) is 12.2 Å². The van der Waals surface area contributed by atoms with Gasteiger partial charge in [-0.15, -0.1) is 0 Å². The highest BCUT2D eigenvalue weighted by molar-refractivity contribution is 5.99. The molecule has 0 saturated heterocycles. The maximum atomic E-state index is 12.6. The van der Waals surface area contributed by atoms with Crippen molar-refractivity contribution in [1.82, 2.24) is 15.1 Å². The molecule has 1 aliphatic rings. The van der Waals surface area contributed by atoms with E-state index in [4.69, 9.17) is 5.11 Å². The van der Waals surface area contributed by atoms with Crippen LogP contribution in [-0.2, 0) is 11.3 Å². The SMILES string of the molecule is O=C(O)CNC(=O)c1c(O)c(-c2ccccc2)nn(CCC2CC2)c1=O. The Kier molecular flexibility index (Phi) is 5.01. The van der Waals surface area contributed by atoms with E-state index >= 15 is 0 Å². The van der Waals surface area contributed by atoms with Crippen LogP contribution in [0.5, 0.6) is 5.75 Å². The molecule has 1 aromatic heterocycles. The zero-order valence-corrected chi connectivity index (χ0v) is 14.0. The zero-order valence-electron chi connectivity index (χ0n) is 14.0. The Balaban J connectivity index is 2.04. The summed E-state index contributed by atoms with van der Waals surface area (Å²) >= 11 is 0. The van der Waals surface area contributed by atoms with Crippen LogP contribution in [0.2, 0.25) is 0 Å². The third-order valence-electron chi connectivity index (χ3n) is 4.25. The van der Waals surface area contributed by atoms with Crippen molar-refractivity contribution in [2.75, 3.05) is 6.54 Å². The van der Waals surface area contributed by atoms with E-state index in [0.29, 0.717) is 18.0 Å². The van der Waals surface area contributed by atoms with Crippen LogP contribution >= 0.6 is 0 Å². The first-order valence-corrected chi connectivity index (χ1v) is 8.37. The lowest BCUT2D eigenvalue weighted by molar-refractivity contribution is -0.135. The summed E-state index contributed by atoms with van der Waals surface area (Å²) in [4.78, 5) is 35.6. The van der Waals surface area contributed by atoms with Gasteiger partial charge in [-0.05, 0) is 12.3 Å². The molecule has 2 aromatic rings. The van der Waals surface area contributed by atoms with Crippen molar-refractivity contribution in [3.63, 3.8) is 0 Å². The number of hydrogen-bond acceptors (Lipinski definition) is 5. The second-order valence-corrected chi connectivity index (χ2v) is 6.28. The number of rotatable bonds is 7. The van der Waals surface area contributed by atoms with Gasteiger partial charge < -0.3 is 15.5 Å². The summed E-state index contributed by atoms with van der Waals surface area (Å²) in [6.07, 6.45) is 3.00. The van der Waals surface area contributed by atoms with Crippen molar-refractivity contribution < 1.29 is 19.8 Å². The van der Waals surface area contributed by atoms with E-state index in [2.05, 4.69) is 10.4 Å². The van der Waals surface area contributed by atoms with Crippen LogP contribution in [0.3, 0.4) is 0 Å². The number of nitrogens with one attached hydrogen (secondary N) is 1. The molecule has 0 spiro atoms. The van der Waals surface area contributed by atoms with Crippen LogP contribution in [0.1, 0.15) is 29.6 Å². The standard InChI is InChI=1S/C18H19N3O5/c22-13(23)10-19-17(25)14-16(24)15(12-4-2-1-3-5-12)20-21(18(14)26)9-8-11-6-7-11/h1-5,11,24H,6-10H2,(H,19,25)(H,22,23). The minimum atomic E-state index is -1.25. The Hall–Kier alpha value is -3.16. The number of carbonyl (C=O) groups is 2. The Labute approximate surface area is 149 Å². The predicted octanol–water partition coefficient (Wildman–Crippen LogP) is 1.23. The smallest absolute Gasteiger partial charge is 0.322 e. The van der Waals surface area contributed by atoms with Gasteiger partial charge in [-0.3, -0.25) is 14.4 Å². The van der Waals surface area contributed by atoms with E-state index in [-0.39, 0.29) is 5.69 Å². The molecule has 8 heteroatoms. The summed E-state index contributed by atoms with van der Waals surface area (Å²) in [7, 11) is 0. The number of nitrogens with zero attached hydrogens (tertiary/aromatic N) is 2. The number of aromatic hydroxyl groups is 1. The number of amides is 1. The molecule has 1 heterocycles. The Morgan fingerprint density at radius 1 is 1.23 bits per heavy atom. The first-order chi connectivity index (χ1) is 12.5. The summed E-state index contributed by atoms with van der Waals surface area (Å²) in [6.45, 7) is -0.314. The van der Waals surface area contributed by atoms with Crippen LogP contribution in [0, 0.1) is 5.92 Å². The van der Waals surface area contributed by atoms with Crippen molar-refractivity contribution in [2.24, 2.45) is 5.92 Å². The predicted molar refractivity (Wildman–Crippen MR) is 92.9 cm³/mol. The number of carbonyl (C=O) groups excluding carboxylic acids is 1. The normalized spacial score (nSPS) is 13.4. The number of benzene rings is 1. The van der Waals surface area contributed by atoms with E-state index in [1.54, 1.807) is 30.3 Å². The van der Waals surface area contributed by atoms with Gasteiger partial charge >= 0.3 is 5.97 Å². The molecule has 0 aliphatic heterocycles. The van der Waals surface area contributed by atoms with E-state index in [1.165, 1.54) is 4.68 Å². The lowest BCUT2D eigenvalue weighted by Gasteiger charge is -2.13. The Morgan fingerprint density at radius 3 is 2.54 bits per heavy atom. The lowest BCUT2D eigenvalue weighted by Crippen LogP contribution is -2.37. The molecule has 3 N–H and O–H groups in total. The Morgan fingerprint density at radius 2 is 1.92 bits per heavy atom. The third-order valence-corrected chi connectivity index (χ3v) is 4.25. The highest BCUT2D eigenvalue weighted by Crippen LogP contribution is 2.33. The molecule has 0 radical (unpaired) electrons. The molecule has 26 heavy (non-hydrogen) atoms. The minimum absolute atomic E-state index is 0.112. The molecule has 0 atom stereocenters. The second-order valence-electron chi connectivity index (χ2n) is 6.28. The summed E-state index contributed by atoms with van der Waals surface area (Å²) in [5, 5.41) is 25.6. The molecule has 0 bridgehead atoms. The van der Waals surface area contributed by atoms with Crippen LogP contribution in [0.15, 0.2) is 35.1 Å². The average Bonchev–Trinajstić information content (AvgIpc) is 3.44. The van der Waals surface area contributed by atoms with Gasteiger partial charge in [-0.25, -0.2) is 4.68 Å². The van der Waals surface area contributed by atoms with Crippen molar-refractivity contribution in [3.05, 3.63) is 46.2 Å². The summed E-state index contributed by atoms with van der Waals surface area (Å²) in [6, 6.07) is 8.71. The number of aryl methyl sites for hydroxylation is 1. The number of carboxylic acids is 1. The molecular weight excluding hydrogens is 338 g/mol. The van der Waals surface area contributed by atoms with Gasteiger partial charge in [-0.2, -0.15) is 5.10 Å². The highest BCUT2D eigenvalue weighted by atomic mass is 16.4. The molecule has 136 valence electrons. The molecule has 0 unspecified atom stereocenters. The van der Waals surface area contributed by atoms with Crippen molar-refractivity contribution >= 4 is 11.9 Å². The monoisotopic (exact) mass is 357 g/mol. The topological polar surface area (TPSA) is 122 Å². The van der Waals surface area contributed by atoms with Gasteiger partial charge in [0.2, 0.25) is 0 Å². The van der Waals surface area contributed by atoms with E-state index in [9.17, 15) is 19.5 Å². The quantitative estimate of drug-likeness (QED) is 0.685. The van der Waals surface area contributed by atoms with Crippen LogP contribution < -0.4 is 10.9 Å². The van der Waals surface area contributed by atoms with Gasteiger partial charge in [-0.1, -0.05) is 43.2 Å². The van der Waals surface area contributed by atoms with Gasteiger partial charge in [0.25, 0.3) is 11.5 Å². The molecule has 8 nitrogen and oxygen atoms in total. The number of aromatic nitrogens is 2. The van der Waals surface area contributed by atoms with E-state index < -0.39 is 35.3 Å². The fourth-order valence-electron chi connectivity index (χ4n) is 2.66. The number of carboxylic acid groups (broad SMARTS) is 1. The van der Waals surface area contributed by atoms with Gasteiger partial charge in [0, 0.05) is 12.1 Å². The van der Waals surface area contributed by atoms with Crippen LogP contribution in [0.25, 0.3) is 11.3 Å². The number of aliphatic carboxylic acids is 1. The lowest BCUT2D eigenvalue weighted by atomic mass is 10.1. The Bertz CT molecular complexity index is 888. The first kappa shape index (κ1) is 17.7. The van der Waals surface area contributed by atoms with E-state index in [0.717, 1.165) is 19.3 Å². The molecular formula is C18H19N3O5. The summed E-state index contributed by atoms with van der Waals surface area (Å²) in [5.74, 6) is -2.17. The summed E-state index contributed by atoms with van der Waals surface area (Å²) in [5.41, 5.74) is -0.555. The first-order valence-electron chi connectivity index (χ1n) is 8.37. The van der Waals surface area contributed by atoms with Crippen molar-refractivity contribution in [3.8, 4) is 17.0 Å². The molecule has 1 aromatic carbocycles. The maximum absolute atomic E-state index is 12.6. The fraction of sp³-hybridized carbons (Fsp3) is 0.333.